The van der Waals surface area contributed by atoms with Crippen LogP contribution in [0.3, 0.4) is 0 Å². The van der Waals surface area contributed by atoms with Gasteiger partial charge in [-0.3, -0.25) is 14.6 Å². The Morgan fingerprint density at radius 2 is 1.80 bits per heavy atom. The maximum atomic E-state index is 13.7. The van der Waals surface area contributed by atoms with E-state index in [-0.39, 0.29) is 35.5 Å². The number of rotatable bonds is 4. The number of benzene rings is 1. The van der Waals surface area contributed by atoms with E-state index in [0.29, 0.717) is 32.4 Å². The standard InChI is InChI=1S/C21H23F2N5O2/c22-15-1-2-16(23)18(11-15)25-20(29)14-5-9-28(10-6-14)21(30)19-12-17(26-27-19)13-3-7-24-8-4-13/h1-4,7-8,11,14,17,19,26-27H,5-6,9-10,12H2,(H,25,29). The van der Waals surface area contributed by atoms with Crippen LogP contribution in [0.15, 0.2) is 42.7 Å². The van der Waals surface area contributed by atoms with Crippen molar-refractivity contribution in [2.45, 2.75) is 31.3 Å². The number of likely N-dealkylation sites (tertiary alicyclic amines) is 1. The molecular weight excluding hydrogens is 392 g/mol. The van der Waals surface area contributed by atoms with E-state index >= 15 is 0 Å². The molecule has 2 unspecified atom stereocenters. The average Bonchev–Trinajstić information content (AvgIpc) is 3.27. The lowest BCUT2D eigenvalue weighted by Gasteiger charge is -2.32. The molecule has 2 saturated heterocycles. The number of hydrogen-bond acceptors (Lipinski definition) is 5. The lowest BCUT2D eigenvalue weighted by molar-refractivity contribution is -0.136. The van der Waals surface area contributed by atoms with Gasteiger partial charge in [-0.15, -0.1) is 0 Å². The van der Waals surface area contributed by atoms with Crippen molar-refractivity contribution in [2.24, 2.45) is 5.92 Å². The summed E-state index contributed by atoms with van der Waals surface area (Å²) in [5, 5.41) is 2.46. The Balaban J connectivity index is 1.28. The third-order valence-corrected chi connectivity index (χ3v) is 5.67. The number of hydrazine groups is 1. The molecule has 2 aliphatic heterocycles. The van der Waals surface area contributed by atoms with Crippen LogP contribution in [0.25, 0.3) is 0 Å². The Morgan fingerprint density at radius 1 is 1.07 bits per heavy atom. The van der Waals surface area contributed by atoms with Crippen molar-refractivity contribution >= 4 is 17.5 Å². The Morgan fingerprint density at radius 3 is 2.53 bits per heavy atom. The highest BCUT2D eigenvalue weighted by atomic mass is 19.1. The van der Waals surface area contributed by atoms with E-state index < -0.39 is 11.6 Å². The first kappa shape index (κ1) is 20.4. The fourth-order valence-corrected chi connectivity index (χ4v) is 3.94. The minimum atomic E-state index is -0.680. The molecule has 158 valence electrons. The smallest absolute Gasteiger partial charge is 0.241 e. The predicted octanol–water partition coefficient (Wildman–Crippen LogP) is 2.14. The Bertz CT molecular complexity index is 919. The number of halogens is 2. The van der Waals surface area contributed by atoms with Crippen LogP contribution in [0.4, 0.5) is 14.5 Å². The van der Waals surface area contributed by atoms with Gasteiger partial charge in [-0.1, -0.05) is 0 Å². The molecule has 7 nitrogen and oxygen atoms in total. The summed E-state index contributed by atoms with van der Waals surface area (Å²) in [5.41, 5.74) is 7.11. The van der Waals surface area contributed by atoms with E-state index in [2.05, 4.69) is 21.2 Å². The first-order valence-corrected chi connectivity index (χ1v) is 9.97. The molecule has 3 N–H and O–H groups in total. The molecule has 0 aliphatic carbocycles. The number of hydrogen-bond donors (Lipinski definition) is 3. The fraction of sp³-hybridized carbons (Fsp3) is 0.381. The van der Waals surface area contributed by atoms with Gasteiger partial charge in [-0.2, -0.15) is 0 Å². The number of piperidine rings is 1. The molecule has 1 aromatic heterocycles. The van der Waals surface area contributed by atoms with Gasteiger partial charge in [0.15, 0.2) is 0 Å². The zero-order valence-electron chi connectivity index (χ0n) is 16.3. The summed E-state index contributed by atoms with van der Waals surface area (Å²) in [6, 6.07) is 6.47. The van der Waals surface area contributed by atoms with Crippen molar-refractivity contribution in [1.29, 1.82) is 0 Å². The van der Waals surface area contributed by atoms with Crippen molar-refractivity contribution in [3.8, 4) is 0 Å². The normalized spacial score (nSPS) is 22.1. The largest absolute Gasteiger partial charge is 0.341 e. The third kappa shape index (κ3) is 4.47. The number of carbonyl (C=O) groups excluding carboxylic acids is 2. The van der Waals surface area contributed by atoms with E-state index in [1.807, 2.05) is 12.1 Å². The van der Waals surface area contributed by atoms with Gasteiger partial charge in [0.2, 0.25) is 11.8 Å². The monoisotopic (exact) mass is 415 g/mol. The molecule has 2 aromatic rings. The number of nitrogens with zero attached hydrogens (tertiary/aromatic N) is 2. The van der Waals surface area contributed by atoms with Crippen molar-refractivity contribution in [3.05, 3.63) is 59.9 Å². The van der Waals surface area contributed by atoms with Gasteiger partial charge in [0.05, 0.1) is 5.69 Å². The maximum absolute atomic E-state index is 13.7. The van der Waals surface area contributed by atoms with E-state index in [1.165, 1.54) is 0 Å². The molecule has 2 fully saturated rings. The molecule has 9 heteroatoms. The lowest BCUT2D eigenvalue weighted by atomic mass is 9.94. The molecule has 0 saturated carbocycles. The molecule has 0 spiro atoms. The molecule has 0 radical (unpaired) electrons. The second kappa shape index (κ2) is 8.85. The summed E-state index contributed by atoms with van der Waals surface area (Å²) in [7, 11) is 0. The van der Waals surface area contributed by atoms with Gasteiger partial charge in [0.25, 0.3) is 0 Å². The quantitative estimate of drug-likeness (QED) is 0.713. The topological polar surface area (TPSA) is 86.4 Å². The third-order valence-electron chi connectivity index (χ3n) is 5.67. The molecule has 2 aliphatic rings. The summed E-state index contributed by atoms with van der Waals surface area (Å²) >= 11 is 0. The van der Waals surface area contributed by atoms with Crippen molar-refractivity contribution < 1.29 is 18.4 Å². The van der Waals surface area contributed by atoms with Gasteiger partial charge >= 0.3 is 0 Å². The van der Waals surface area contributed by atoms with Gasteiger partial charge in [0.1, 0.15) is 17.7 Å². The molecule has 4 rings (SSSR count). The molecule has 1 aromatic carbocycles. The second-order valence-corrected chi connectivity index (χ2v) is 7.62. The molecule has 2 amide bonds. The van der Waals surface area contributed by atoms with Crippen LogP contribution in [-0.4, -0.2) is 40.8 Å². The fourth-order valence-electron chi connectivity index (χ4n) is 3.94. The molecule has 30 heavy (non-hydrogen) atoms. The van der Waals surface area contributed by atoms with E-state index in [9.17, 15) is 18.4 Å². The van der Waals surface area contributed by atoms with Gasteiger partial charge < -0.3 is 10.2 Å². The summed E-state index contributed by atoms with van der Waals surface area (Å²) in [6.45, 7) is 0.890. The second-order valence-electron chi connectivity index (χ2n) is 7.62. The minimum Gasteiger partial charge on any atom is -0.341 e. The summed E-state index contributed by atoms with van der Waals surface area (Å²) in [6.07, 6.45) is 5.02. The summed E-state index contributed by atoms with van der Waals surface area (Å²) in [5.74, 6) is -2.01. The Hall–Kier alpha value is -2.91. The zero-order chi connectivity index (χ0) is 21.1. The molecule has 2 atom stereocenters. The van der Waals surface area contributed by atoms with Crippen molar-refractivity contribution in [2.75, 3.05) is 18.4 Å². The van der Waals surface area contributed by atoms with Gasteiger partial charge in [0, 0.05) is 43.5 Å². The van der Waals surface area contributed by atoms with Crippen molar-refractivity contribution in [1.82, 2.24) is 20.7 Å². The molecule has 0 bridgehead atoms. The number of nitrogens with one attached hydrogen (secondary N) is 3. The van der Waals surface area contributed by atoms with E-state index in [0.717, 1.165) is 23.8 Å². The van der Waals surface area contributed by atoms with Crippen LogP contribution in [0.2, 0.25) is 0 Å². The number of carbonyl (C=O) groups is 2. The summed E-state index contributed by atoms with van der Waals surface area (Å²) in [4.78, 5) is 31.0. The van der Waals surface area contributed by atoms with Crippen LogP contribution in [0.1, 0.15) is 30.9 Å². The summed E-state index contributed by atoms with van der Waals surface area (Å²) < 4.78 is 27.0. The SMILES string of the molecule is O=C(Nc1cc(F)ccc1F)C1CCN(C(=O)C2CC(c3ccncc3)NN2)CC1. The Kier molecular flexibility index (Phi) is 6.01. The highest BCUT2D eigenvalue weighted by Crippen LogP contribution is 2.25. The maximum Gasteiger partial charge on any atom is 0.241 e. The van der Waals surface area contributed by atoms with Crippen LogP contribution >= 0.6 is 0 Å². The van der Waals surface area contributed by atoms with Crippen LogP contribution in [-0.2, 0) is 9.59 Å². The van der Waals surface area contributed by atoms with Crippen LogP contribution in [0.5, 0.6) is 0 Å². The number of amides is 2. The molecule has 3 heterocycles. The predicted molar refractivity (Wildman–Crippen MR) is 106 cm³/mol. The van der Waals surface area contributed by atoms with Crippen LogP contribution < -0.4 is 16.2 Å². The first-order valence-electron chi connectivity index (χ1n) is 9.97. The van der Waals surface area contributed by atoms with E-state index in [4.69, 9.17) is 0 Å². The number of aromatic nitrogens is 1. The first-order chi connectivity index (χ1) is 14.5. The number of anilines is 1. The van der Waals surface area contributed by atoms with Gasteiger partial charge in [-0.25, -0.2) is 19.6 Å². The average molecular weight is 415 g/mol. The van der Waals surface area contributed by atoms with Crippen LogP contribution in [0, 0.1) is 17.6 Å². The van der Waals surface area contributed by atoms with Crippen molar-refractivity contribution in [3.63, 3.8) is 0 Å². The zero-order valence-corrected chi connectivity index (χ0v) is 16.3. The highest BCUT2D eigenvalue weighted by Gasteiger charge is 2.35. The highest BCUT2D eigenvalue weighted by molar-refractivity contribution is 5.93. The van der Waals surface area contributed by atoms with Gasteiger partial charge in [-0.05, 0) is 49.1 Å². The minimum absolute atomic E-state index is 0.00547. The lowest BCUT2D eigenvalue weighted by Crippen LogP contribution is -2.49. The Labute approximate surface area is 172 Å². The van der Waals surface area contributed by atoms with E-state index in [1.54, 1.807) is 17.3 Å². The molecular formula is C21H23F2N5O2. The number of pyridine rings is 1.